The molecule has 35 heavy (non-hydrogen) atoms. The topological polar surface area (TPSA) is 32.8 Å². The summed E-state index contributed by atoms with van der Waals surface area (Å²) in [5.74, 6) is 1.96. The quantitative estimate of drug-likeness (QED) is 0.349. The number of nitrogens with zero attached hydrogens (tertiary/aromatic N) is 2. The third kappa shape index (κ3) is 6.45. The second-order valence-corrected chi connectivity index (χ2v) is 10.3. The van der Waals surface area contributed by atoms with Crippen molar-refractivity contribution in [3.63, 3.8) is 0 Å². The molecule has 0 spiro atoms. The molecule has 0 radical (unpaired) electrons. The summed E-state index contributed by atoms with van der Waals surface area (Å²) in [5.41, 5.74) is 3.14. The maximum absolute atomic E-state index is 13.5. The molecule has 1 amide bonds. The molecule has 4 rings (SSSR count). The number of amides is 1. The van der Waals surface area contributed by atoms with Crippen molar-refractivity contribution in [1.29, 1.82) is 0 Å². The van der Waals surface area contributed by atoms with Crippen LogP contribution in [0.15, 0.2) is 78.9 Å². The zero-order chi connectivity index (χ0) is 24.8. The first-order valence-corrected chi connectivity index (χ1v) is 12.8. The highest BCUT2D eigenvalue weighted by molar-refractivity contribution is 6.31. The van der Waals surface area contributed by atoms with Crippen molar-refractivity contribution in [1.82, 2.24) is 9.80 Å². The summed E-state index contributed by atoms with van der Waals surface area (Å²) in [7, 11) is 1.71. The van der Waals surface area contributed by atoms with Crippen molar-refractivity contribution in [2.24, 2.45) is 11.8 Å². The number of carbonyl (C=O) groups excluding carboxylic acids is 1. The van der Waals surface area contributed by atoms with Gasteiger partial charge in [0.15, 0.2) is 0 Å². The van der Waals surface area contributed by atoms with Crippen LogP contribution in [0.1, 0.15) is 41.3 Å². The van der Waals surface area contributed by atoms with E-state index in [1.165, 1.54) is 5.56 Å². The number of carbonyl (C=O) groups is 1. The van der Waals surface area contributed by atoms with Gasteiger partial charge in [-0.05, 0) is 53.3 Å². The maximum atomic E-state index is 13.5. The summed E-state index contributed by atoms with van der Waals surface area (Å²) >= 11 is 6.49. The first kappa shape index (κ1) is 25.3. The van der Waals surface area contributed by atoms with Crippen LogP contribution in [0.4, 0.5) is 0 Å². The van der Waals surface area contributed by atoms with E-state index in [0.717, 1.165) is 48.1 Å². The molecule has 1 aliphatic heterocycles. The number of rotatable bonds is 9. The number of hydrogen-bond acceptors (Lipinski definition) is 3. The second-order valence-electron chi connectivity index (χ2n) is 9.90. The molecule has 4 nitrogen and oxygen atoms in total. The average molecular weight is 491 g/mol. The van der Waals surface area contributed by atoms with E-state index in [9.17, 15) is 4.79 Å². The predicted molar refractivity (Wildman–Crippen MR) is 143 cm³/mol. The number of ether oxygens (including phenoxy) is 1. The van der Waals surface area contributed by atoms with Gasteiger partial charge in [-0.1, -0.05) is 74.0 Å². The SMILES string of the molecule is COc1cccc([C@@H]2CN(Cc3ccccc3Cl)C[C@@H]2CN(CC(C)C)C(=O)c2ccccc2)c1. The Morgan fingerprint density at radius 3 is 2.49 bits per heavy atom. The van der Waals surface area contributed by atoms with Crippen molar-refractivity contribution in [2.75, 3.05) is 33.3 Å². The lowest BCUT2D eigenvalue weighted by Crippen LogP contribution is -2.39. The van der Waals surface area contributed by atoms with Gasteiger partial charge in [-0.15, -0.1) is 0 Å². The fourth-order valence-electron chi connectivity index (χ4n) is 5.12. The van der Waals surface area contributed by atoms with E-state index in [1.54, 1.807) is 7.11 Å². The lowest BCUT2D eigenvalue weighted by atomic mass is 9.88. The van der Waals surface area contributed by atoms with Crippen LogP contribution in [-0.2, 0) is 6.54 Å². The van der Waals surface area contributed by atoms with E-state index in [-0.39, 0.29) is 5.91 Å². The van der Waals surface area contributed by atoms with Crippen molar-refractivity contribution in [3.8, 4) is 5.75 Å². The van der Waals surface area contributed by atoms with E-state index in [0.29, 0.717) is 24.3 Å². The Kier molecular flexibility index (Phi) is 8.48. The summed E-state index contributed by atoms with van der Waals surface area (Å²) in [4.78, 5) is 18.0. The Labute approximate surface area is 214 Å². The lowest BCUT2D eigenvalue weighted by molar-refractivity contribution is 0.0703. The largest absolute Gasteiger partial charge is 0.497 e. The standard InChI is InChI=1S/C30H35ClN2O2/c1-22(2)17-33(30(34)23-10-5-4-6-11-23)20-26-19-32(18-25-12-7-8-15-29(25)31)21-28(26)24-13-9-14-27(16-24)35-3/h4-16,22,26,28H,17-21H2,1-3H3/t26-,28+/m1/s1. The molecule has 3 aromatic rings. The van der Waals surface area contributed by atoms with Crippen LogP contribution >= 0.6 is 11.6 Å². The van der Waals surface area contributed by atoms with Crippen LogP contribution < -0.4 is 4.74 Å². The van der Waals surface area contributed by atoms with Gasteiger partial charge in [0.1, 0.15) is 5.75 Å². The van der Waals surface area contributed by atoms with E-state index in [4.69, 9.17) is 16.3 Å². The maximum Gasteiger partial charge on any atom is 0.253 e. The number of likely N-dealkylation sites (tertiary alicyclic amines) is 1. The highest BCUT2D eigenvalue weighted by atomic mass is 35.5. The molecule has 0 aliphatic carbocycles. The Hall–Kier alpha value is -2.82. The van der Waals surface area contributed by atoms with Crippen LogP contribution in [0.5, 0.6) is 5.75 Å². The lowest BCUT2D eigenvalue weighted by Gasteiger charge is -2.30. The van der Waals surface area contributed by atoms with Crippen molar-refractivity contribution in [3.05, 3.63) is 101 Å². The first-order chi connectivity index (χ1) is 16.9. The molecule has 5 heteroatoms. The highest BCUT2D eigenvalue weighted by Gasteiger charge is 2.36. The number of methoxy groups -OCH3 is 1. The van der Waals surface area contributed by atoms with Gasteiger partial charge in [-0.2, -0.15) is 0 Å². The molecule has 1 fully saturated rings. The molecule has 1 saturated heterocycles. The summed E-state index contributed by atoms with van der Waals surface area (Å²) in [6.07, 6.45) is 0. The van der Waals surface area contributed by atoms with Crippen molar-refractivity contribution in [2.45, 2.75) is 26.3 Å². The normalized spacial score (nSPS) is 18.1. The zero-order valence-corrected chi connectivity index (χ0v) is 21.6. The number of benzene rings is 3. The third-order valence-corrected chi connectivity index (χ3v) is 7.11. The van der Waals surface area contributed by atoms with Gasteiger partial charge in [0.25, 0.3) is 5.91 Å². The van der Waals surface area contributed by atoms with E-state index in [2.05, 4.69) is 47.9 Å². The van der Waals surface area contributed by atoms with Gasteiger partial charge < -0.3 is 9.64 Å². The molecule has 0 bridgehead atoms. The van der Waals surface area contributed by atoms with Crippen LogP contribution in [-0.4, -0.2) is 49.0 Å². The molecule has 0 unspecified atom stereocenters. The van der Waals surface area contributed by atoms with Gasteiger partial charge >= 0.3 is 0 Å². The smallest absolute Gasteiger partial charge is 0.253 e. The van der Waals surface area contributed by atoms with E-state index >= 15 is 0 Å². The minimum absolute atomic E-state index is 0.105. The fraction of sp³-hybridized carbons (Fsp3) is 0.367. The van der Waals surface area contributed by atoms with Crippen LogP contribution in [0.3, 0.4) is 0 Å². The molecule has 1 aliphatic rings. The van der Waals surface area contributed by atoms with Gasteiger partial charge in [-0.3, -0.25) is 9.69 Å². The molecule has 0 N–H and O–H groups in total. The van der Waals surface area contributed by atoms with Crippen LogP contribution in [0, 0.1) is 11.8 Å². The minimum atomic E-state index is 0.105. The van der Waals surface area contributed by atoms with E-state index < -0.39 is 0 Å². The van der Waals surface area contributed by atoms with Gasteiger partial charge in [0, 0.05) is 49.2 Å². The minimum Gasteiger partial charge on any atom is -0.497 e. The summed E-state index contributed by atoms with van der Waals surface area (Å²) in [6, 6.07) is 26.1. The van der Waals surface area contributed by atoms with Crippen LogP contribution in [0.2, 0.25) is 5.02 Å². The molecule has 3 aromatic carbocycles. The molecular weight excluding hydrogens is 456 g/mol. The fourth-order valence-corrected chi connectivity index (χ4v) is 5.32. The predicted octanol–water partition coefficient (Wildman–Crippen LogP) is 6.36. The van der Waals surface area contributed by atoms with E-state index in [1.807, 2.05) is 54.6 Å². The molecule has 0 saturated carbocycles. The Bertz CT molecular complexity index is 1120. The Balaban J connectivity index is 1.61. The molecule has 184 valence electrons. The Morgan fingerprint density at radius 1 is 1.03 bits per heavy atom. The number of halogens is 1. The second kappa shape index (κ2) is 11.7. The van der Waals surface area contributed by atoms with Crippen LogP contribution in [0.25, 0.3) is 0 Å². The first-order valence-electron chi connectivity index (χ1n) is 12.4. The van der Waals surface area contributed by atoms with Gasteiger partial charge in [0.05, 0.1) is 7.11 Å². The summed E-state index contributed by atoms with van der Waals surface area (Å²) < 4.78 is 5.52. The zero-order valence-electron chi connectivity index (χ0n) is 20.9. The Morgan fingerprint density at radius 2 is 1.77 bits per heavy atom. The molecular formula is C30H35ClN2O2. The highest BCUT2D eigenvalue weighted by Crippen LogP contribution is 2.36. The average Bonchev–Trinajstić information content (AvgIpc) is 3.27. The molecule has 2 atom stereocenters. The van der Waals surface area contributed by atoms with Gasteiger partial charge in [-0.25, -0.2) is 0 Å². The summed E-state index contributed by atoms with van der Waals surface area (Å²) in [6.45, 7) is 8.41. The monoisotopic (exact) mass is 490 g/mol. The van der Waals surface area contributed by atoms with Crippen molar-refractivity contribution < 1.29 is 9.53 Å². The third-order valence-electron chi connectivity index (χ3n) is 6.74. The number of hydrogen-bond donors (Lipinski definition) is 0. The van der Waals surface area contributed by atoms with Crippen molar-refractivity contribution >= 4 is 17.5 Å². The molecule has 0 aromatic heterocycles. The summed E-state index contributed by atoms with van der Waals surface area (Å²) in [5, 5.41) is 0.801. The molecule has 1 heterocycles. The van der Waals surface area contributed by atoms with Gasteiger partial charge in [0.2, 0.25) is 0 Å².